The lowest BCUT2D eigenvalue weighted by Gasteiger charge is -2.41. The molecule has 1 N–H and O–H groups in total. The van der Waals surface area contributed by atoms with Crippen molar-refractivity contribution in [3.05, 3.63) is 48.5 Å². The lowest BCUT2D eigenvalue weighted by molar-refractivity contribution is -0.0781. The highest BCUT2D eigenvalue weighted by Gasteiger charge is 2.41. The number of benzene rings is 1. The Morgan fingerprint density at radius 1 is 1.19 bits per heavy atom. The Labute approximate surface area is 126 Å². The molecule has 0 fully saturated rings. The summed E-state index contributed by atoms with van der Waals surface area (Å²) >= 11 is 0. The van der Waals surface area contributed by atoms with Gasteiger partial charge in [0.25, 0.3) is 0 Å². The zero-order valence-electron chi connectivity index (χ0n) is 13.2. The minimum Gasteiger partial charge on any atom is -0.494 e. The standard InChI is InChI=1S/C17H24N2O2/c1-5-21-15-8-6-14(7-9-15)17(20,16(2,3)4)12-19-11-10-18-13-19/h6-11,13,20H,5,12H2,1-4H3. The molecule has 0 bridgehead atoms. The molecule has 21 heavy (non-hydrogen) atoms. The van der Waals surface area contributed by atoms with Crippen LogP contribution in [0, 0.1) is 5.41 Å². The number of nitrogens with zero attached hydrogens (tertiary/aromatic N) is 2. The zero-order valence-corrected chi connectivity index (χ0v) is 13.2. The Hall–Kier alpha value is -1.81. The predicted octanol–water partition coefficient (Wildman–Crippen LogP) is 3.22. The van der Waals surface area contributed by atoms with Gasteiger partial charge in [0.1, 0.15) is 11.4 Å². The van der Waals surface area contributed by atoms with E-state index in [9.17, 15) is 5.11 Å². The third kappa shape index (κ3) is 3.27. The first-order valence-corrected chi connectivity index (χ1v) is 7.28. The topological polar surface area (TPSA) is 47.3 Å². The minimum absolute atomic E-state index is 0.315. The lowest BCUT2D eigenvalue weighted by atomic mass is 9.72. The second-order valence-electron chi connectivity index (χ2n) is 6.30. The van der Waals surface area contributed by atoms with Gasteiger partial charge in [-0.05, 0) is 30.0 Å². The summed E-state index contributed by atoms with van der Waals surface area (Å²) in [6, 6.07) is 7.69. The summed E-state index contributed by atoms with van der Waals surface area (Å²) < 4.78 is 7.37. The van der Waals surface area contributed by atoms with Crippen molar-refractivity contribution in [2.24, 2.45) is 5.41 Å². The van der Waals surface area contributed by atoms with Crippen LogP contribution >= 0.6 is 0 Å². The molecule has 2 aromatic rings. The minimum atomic E-state index is -0.988. The van der Waals surface area contributed by atoms with E-state index in [0.717, 1.165) is 11.3 Å². The summed E-state index contributed by atoms with van der Waals surface area (Å²) in [5, 5.41) is 11.3. The van der Waals surface area contributed by atoms with Crippen molar-refractivity contribution in [3.8, 4) is 5.75 Å². The van der Waals surface area contributed by atoms with E-state index in [1.807, 2.05) is 62.7 Å². The summed E-state index contributed by atoms with van der Waals surface area (Å²) in [5.41, 5.74) is -0.421. The van der Waals surface area contributed by atoms with Crippen LogP contribution in [0.15, 0.2) is 43.0 Å². The Morgan fingerprint density at radius 2 is 1.86 bits per heavy atom. The highest BCUT2D eigenvalue weighted by atomic mass is 16.5. The normalized spacial score (nSPS) is 14.7. The Bertz CT molecular complexity index is 555. The number of aromatic nitrogens is 2. The molecule has 0 amide bonds. The van der Waals surface area contributed by atoms with Gasteiger partial charge < -0.3 is 14.4 Å². The second-order valence-corrected chi connectivity index (χ2v) is 6.30. The van der Waals surface area contributed by atoms with E-state index in [1.54, 1.807) is 12.5 Å². The van der Waals surface area contributed by atoms with Crippen LogP contribution in [-0.4, -0.2) is 21.3 Å². The van der Waals surface area contributed by atoms with Crippen LogP contribution in [0.1, 0.15) is 33.3 Å². The molecule has 0 aliphatic rings. The lowest BCUT2D eigenvalue weighted by Crippen LogP contribution is -2.43. The highest BCUT2D eigenvalue weighted by molar-refractivity contribution is 5.32. The molecule has 0 aliphatic heterocycles. The van der Waals surface area contributed by atoms with Crippen LogP contribution in [-0.2, 0) is 12.1 Å². The molecule has 0 aliphatic carbocycles. The second kappa shape index (κ2) is 5.90. The number of hydrogen-bond acceptors (Lipinski definition) is 3. The van der Waals surface area contributed by atoms with E-state index in [-0.39, 0.29) is 5.41 Å². The molecule has 2 rings (SSSR count). The maximum atomic E-state index is 11.3. The summed E-state index contributed by atoms with van der Waals surface area (Å²) in [7, 11) is 0. The van der Waals surface area contributed by atoms with E-state index < -0.39 is 5.60 Å². The zero-order chi connectivity index (χ0) is 15.5. The summed E-state index contributed by atoms with van der Waals surface area (Å²) in [6.07, 6.45) is 5.32. The summed E-state index contributed by atoms with van der Waals surface area (Å²) in [5.74, 6) is 0.820. The first-order valence-electron chi connectivity index (χ1n) is 7.28. The molecule has 4 heteroatoms. The van der Waals surface area contributed by atoms with Crippen LogP contribution in [0.4, 0.5) is 0 Å². The quantitative estimate of drug-likeness (QED) is 0.919. The fourth-order valence-corrected chi connectivity index (χ4v) is 2.40. The average Bonchev–Trinajstić information content (AvgIpc) is 2.91. The molecular formula is C17H24N2O2. The number of imidazole rings is 1. The van der Waals surface area contributed by atoms with Crippen molar-refractivity contribution >= 4 is 0 Å². The molecule has 114 valence electrons. The van der Waals surface area contributed by atoms with E-state index in [0.29, 0.717) is 13.2 Å². The van der Waals surface area contributed by atoms with Gasteiger partial charge in [-0.15, -0.1) is 0 Å². The Balaban J connectivity index is 2.35. The van der Waals surface area contributed by atoms with E-state index in [2.05, 4.69) is 4.98 Å². The first-order chi connectivity index (χ1) is 9.87. The van der Waals surface area contributed by atoms with Crippen molar-refractivity contribution in [3.63, 3.8) is 0 Å². The third-order valence-electron chi connectivity index (χ3n) is 3.85. The van der Waals surface area contributed by atoms with Crippen molar-refractivity contribution in [1.82, 2.24) is 9.55 Å². The highest BCUT2D eigenvalue weighted by Crippen LogP contribution is 2.41. The molecule has 1 aromatic carbocycles. The average molecular weight is 288 g/mol. The van der Waals surface area contributed by atoms with Crippen molar-refractivity contribution in [2.45, 2.75) is 39.8 Å². The molecule has 0 radical (unpaired) electrons. The van der Waals surface area contributed by atoms with Gasteiger partial charge in [-0.1, -0.05) is 32.9 Å². The largest absolute Gasteiger partial charge is 0.494 e. The van der Waals surface area contributed by atoms with Crippen LogP contribution in [0.3, 0.4) is 0 Å². The monoisotopic (exact) mass is 288 g/mol. The van der Waals surface area contributed by atoms with Gasteiger partial charge in [-0.2, -0.15) is 0 Å². The van der Waals surface area contributed by atoms with Crippen LogP contribution in [0.25, 0.3) is 0 Å². The van der Waals surface area contributed by atoms with Gasteiger partial charge in [-0.3, -0.25) is 0 Å². The van der Waals surface area contributed by atoms with Gasteiger partial charge in [0.2, 0.25) is 0 Å². The fraction of sp³-hybridized carbons (Fsp3) is 0.471. The van der Waals surface area contributed by atoms with E-state index in [1.165, 1.54) is 0 Å². The van der Waals surface area contributed by atoms with Crippen LogP contribution in [0.5, 0.6) is 5.75 Å². The van der Waals surface area contributed by atoms with Gasteiger partial charge in [0.05, 0.1) is 19.5 Å². The van der Waals surface area contributed by atoms with Crippen molar-refractivity contribution < 1.29 is 9.84 Å². The molecule has 4 nitrogen and oxygen atoms in total. The van der Waals surface area contributed by atoms with Crippen LogP contribution in [0.2, 0.25) is 0 Å². The summed E-state index contributed by atoms with van der Waals surface area (Å²) in [6.45, 7) is 9.18. The smallest absolute Gasteiger partial charge is 0.119 e. The van der Waals surface area contributed by atoms with E-state index in [4.69, 9.17) is 4.74 Å². The number of rotatable bonds is 5. The number of aliphatic hydroxyl groups is 1. The molecule has 0 spiro atoms. The molecule has 0 saturated carbocycles. The maximum Gasteiger partial charge on any atom is 0.119 e. The third-order valence-corrected chi connectivity index (χ3v) is 3.85. The molecule has 1 heterocycles. The molecular weight excluding hydrogens is 264 g/mol. The fourth-order valence-electron chi connectivity index (χ4n) is 2.40. The summed E-state index contributed by atoms with van der Waals surface area (Å²) in [4.78, 5) is 4.05. The van der Waals surface area contributed by atoms with Crippen molar-refractivity contribution in [2.75, 3.05) is 6.61 Å². The van der Waals surface area contributed by atoms with Gasteiger partial charge in [-0.25, -0.2) is 4.98 Å². The molecule has 1 aromatic heterocycles. The number of hydrogen-bond donors (Lipinski definition) is 1. The Kier molecular flexibility index (Phi) is 4.37. The molecule has 1 unspecified atom stereocenters. The molecule has 1 atom stereocenters. The predicted molar refractivity (Wildman–Crippen MR) is 83.2 cm³/mol. The number of ether oxygens (including phenoxy) is 1. The van der Waals surface area contributed by atoms with Gasteiger partial charge in [0.15, 0.2) is 0 Å². The molecule has 0 saturated heterocycles. The van der Waals surface area contributed by atoms with Crippen molar-refractivity contribution in [1.29, 1.82) is 0 Å². The van der Waals surface area contributed by atoms with Crippen LogP contribution < -0.4 is 4.74 Å². The maximum absolute atomic E-state index is 11.3. The Morgan fingerprint density at radius 3 is 2.33 bits per heavy atom. The first kappa shape index (κ1) is 15.6. The van der Waals surface area contributed by atoms with Gasteiger partial charge in [0, 0.05) is 12.4 Å². The van der Waals surface area contributed by atoms with Gasteiger partial charge >= 0.3 is 0 Å². The SMILES string of the molecule is CCOc1ccc(C(O)(Cn2ccnc2)C(C)(C)C)cc1. The van der Waals surface area contributed by atoms with E-state index >= 15 is 0 Å².